The smallest absolute Gasteiger partial charge is 0.387 e. The number of hydrogen-bond acceptors (Lipinski definition) is 7. The zero-order valence-corrected chi connectivity index (χ0v) is 22.5. The molecule has 2 aromatic carbocycles. The molecule has 0 spiro atoms. The molecule has 0 fully saturated rings. The fourth-order valence-corrected chi connectivity index (χ4v) is 4.05. The van der Waals surface area contributed by atoms with Crippen LogP contribution in [0.4, 0.5) is 31.8 Å². The quantitative estimate of drug-likeness (QED) is 0.156. The number of nitrogens with zero attached hydrogens (tertiary/aromatic N) is 4. The molecule has 1 amide bonds. The van der Waals surface area contributed by atoms with Crippen LogP contribution in [-0.4, -0.2) is 66.6 Å². The fraction of sp³-hybridized carbons (Fsp3) is 0.207. The number of para-hydroxylation sites is 1. The first-order valence-corrected chi connectivity index (χ1v) is 12.5. The van der Waals surface area contributed by atoms with Crippen LogP contribution in [0.15, 0.2) is 79.7 Å². The third-order valence-electron chi connectivity index (χ3n) is 6.02. The lowest BCUT2D eigenvalue weighted by Crippen LogP contribution is -2.29. The molecule has 0 aliphatic heterocycles. The number of hydrogen-bond donors (Lipinski definition) is 3. The number of halogens is 2. The lowest BCUT2D eigenvalue weighted by Gasteiger charge is -2.26. The number of nitrogens with one attached hydrogen (secondary N) is 3. The summed E-state index contributed by atoms with van der Waals surface area (Å²) in [6, 6.07) is 12.6. The average Bonchev–Trinajstić information content (AvgIpc) is 3.36. The van der Waals surface area contributed by atoms with Crippen molar-refractivity contribution in [1.29, 1.82) is 0 Å². The van der Waals surface area contributed by atoms with Gasteiger partial charge in [0.2, 0.25) is 11.9 Å². The molecule has 0 unspecified atom stereocenters. The number of amides is 1. The Morgan fingerprint density at radius 3 is 2.70 bits per heavy atom. The van der Waals surface area contributed by atoms with Gasteiger partial charge in [-0.25, -0.2) is 9.97 Å². The lowest BCUT2D eigenvalue weighted by molar-refractivity contribution is -0.111. The molecule has 40 heavy (non-hydrogen) atoms. The maximum absolute atomic E-state index is 13.5. The second-order valence-electron chi connectivity index (χ2n) is 9.19. The number of benzene rings is 2. The molecule has 208 valence electrons. The zero-order chi connectivity index (χ0) is 28.6. The summed E-state index contributed by atoms with van der Waals surface area (Å²) in [7, 11) is 5.67. The Labute approximate surface area is 231 Å². The number of carbonyl (C=O) groups is 1. The maximum atomic E-state index is 13.5. The van der Waals surface area contributed by atoms with Crippen molar-refractivity contribution >= 4 is 39.8 Å². The van der Waals surface area contributed by atoms with E-state index in [2.05, 4.69) is 32.2 Å². The summed E-state index contributed by atoms with van der Waals surface area (Å²) < 4.78 is 31.8. The van der Waals surface area contributed by atoms with Gasteiger partial charge in [0.05, 0.1) is 22.8 Å². The summed E-state index contributed by atoms with van der Waals surface area (Å²) in [6.07, 6.45) is 7.73. The number of alkyl halides is 2. The van der Waals surface area contributed by atoms with Gasteiger partial charge in [0.1, 0.15) is 0 Å². The minimum absolute atomic E-state index is 0.123. The predicted octanol–water partition coefficient (Wildman–Crippen LogP) is 5.65. The van der Waals surface area contributed by atoms with E-state index in [9.17, 15) is 13.6 Å². The summed E-state index contributed by atoms with van der Waals surface area (Å²) in [5.41, 5.74) is 3.50. The van der Waals surface area contributed by atoms with Gasteiger partial charge in [-0.2, -0.15) is 8.78 Å². The first kappa shape index (κ1) is 28.2. The molecule has 0 saturated heterocycles. The molecule has 2 heterocycles. The highest BCUT2D eigenvalue weighted by Gasteiger charge is 2.19. The number of aromatic amines is 1. The van der Waals surface area contributed by atoms with Gasteiger partial charge < -0.3 is 30.2 Å². The van der Waals surface area contributed by atoms with E-state index in [1.165, 1.54) is 30.4 Å². The first-order chi connectivity index (χ1) is 19.2. The monoisotopic (exact) mass is 547 g/mol. The summed E-state index contributed by atoms with van der Waals surface area (Å²) in [5.74, 6) is -0.366. The van der Waals surface area contributed by atoms with E-state index < -0.39 is 12.5 Å². The van der Waals surface area contributed by atoms with E-state index in [0.29, 0.717) is 30.2 Å². The molecule has 2 aromatic heterocycles. The summed E-state index contributed by atoms with van der Waals surface area (Å²) in [6.45, 7) is 1.76. The first-order valence-electron chi connectivity index (χ1n) is 12.5. The number of H-pyrrole nitrogens is 1. The summed E-state index contributed by atoms with van der Waals surface area (Å²) in [5, 5.41) is 6.80. The molecule has 4 rings (SSSR count). The van der Waals surface area contributed by atoms with Gasteiger partial charge in [-0.05, 0) is 32.3 Å². The molecule has 0 saturated carbocycles. The van der Waals surface area contributed by atoms with E-state index in [1.54, 1.807) is 19.3 Å². The van der Waals surface area contributed by atoms with E-state index in [-0.39, 0.29) is 17.4 Å². The number of likely N-dealkylation sites (N-methyl/N-ethyl adjacent to an activating group) is 2. The van der Waals surface area contributed by atoms with E-state index in [1.807, 2.05) is 54.4 Å². The SMILES string of the molecule is C=C/C=C/C(=O)Nc1cc(Nc2nccc(-c3c[nH]c4ccccc34)n2)c(OC(F)F)cc1N(C)CCN(C)C. The van der Waals surface area contributed by atoms with E-state index >= 15 is 0 Å². The van der Waals surface area contributed by atoms with E-state index in [4.69, 9.17) is 4.74 Å². The third kappa shape index (κ3) is 7.00. The van der Waals surface area contributed by atoms with Crippen LogP contribution >= 0.6 is 0 Å². The van der Waals surface area contributed by atoms with Crippen LogP contribution in [0.25, 0.3) is 22.2 Å². The molecule has 4 aromatic rings. The number of fused-ring (bicyclic) bond motifs is 1. The number of rotatable bonds is 12. The molecule has 9 nitrogen and oxygen atoms in total. The largest absolute Gasteiger partial charge is 0.433 e. The summed E-state index contributed by atoms with van der Waals surface area (Å²) in [4.78, 5) is 28.5. The van der Waals surface area contributed by atoms with Crippen LogP contribution < -0.4 is 20.3 Å². The number of carbonyl (C=O) groups excluding carboxylic acids is 1. The second kappa shape index (κ2) is 12.9. The Hall–Kier alpha value is -4.77. The molecular weight excluding hydrogens is 516 g/mol. The Morgan fingerprint density at radius 1 is 1.15 bits per heavy atom. The van der Waals surface area contributed by atoms with Crippen molar-refractivity contribution in [2.24, 2.45) is 0 Å². The molecule has 11 heteroatoms. The van der Waals surface area contributed by atoms with Crippen LogP contribution in [-0.2, 0) is 4.79 Å². The van der Waals surface area contributed by atoms with Crippen molar-refractivity contribution in [3.63, 3.8) is 0 Å². The van der Waals surface area contributed by atoms with Crippen molar-refractivity contribution in [3.05, 3.63) is 79.7 Å². The molecule has 0 aliphatic carbocycles. The molecular formula is C29H31F2N7O2. The van der Waals surface area contributed by atoms with Crippen molar-refractivity contribution < 1.29 is 18.3 Å². The minimum atomic E-state index is -3.07. The van der Waals surface area contributed by atoms with Crippen molar-refractivity contribution in [1.82, 2.24) is 19.9 Å². The zero-order valence-electron chi connectivity index (χ0n) is 22.5. The third-order valence-corrected chi connectivity index (χ3v) is 6.02. The standard InChI is InChI=1S/C29H31F2N7O2/c1-5-6-11-27(39)34-23-16-24(26(40-28(30)31)17-25(23)38(4)15-14-37(2)3)36-29-32-13-12-22(35-29)20-18-33-21-10-8-7-9-19(20)21/h5-13,16-18,28,33H,1,14-15H2,2-4H3,(H,34,39)(H,32,35,36)/b11-6+. The predicted molar refractivity (Wildman–Crippen MR) is 155 cm³/mol. The Morgan fingerprint density at radius 2 is 1.95 bits per heavy atom. The van der Waals surface area contributed by atoms with Crippen LogP contribution in [0.3, 0.4) is 0 Å². The van der Waals surface area contributed by atoms with Crippen LogP contribution in [0.5, 0.6) is 5.75 Å². The number of ether oxygens (including phenoxy) is 1. The van der Waals surface area contributed by atoms with Gasteiger partial charge in [-0.15, -0.1) is 0 Å². The van der Waals surface area contributed by atoms with Crippen LogP contribution in [0, 0.1) is 0 Å². The van der Waals surface area contributed by atoms with Crippen molar-refractivity contribution in [2.45, 2.75) is 6.61 Å². The Bertz CT molecular complexity index is 1520. The number of allylic oxidation sites excluding steroid dienone is 2. The normalized spacial score (nSPS) is 11.4. The molecule has 0 bridgehead atoms. The lowest BCUT2D eigenvalue weighted by atomic mass is 10.1. The molecule has 0 radical (unpaired) electrons. The molecule has 3 N–H and O–H groups in total. The van der Waals surface area contributed by atoms with Gasteiger partial charge in [0, 0.05) is 61.1 Å². The van der Waals surface area contributed by atoms with Gasteiger partial charge >= 0.3 is 6.61 Å². The second-order valence-corrected chi connectivity index (χ2v) is 9.19. The average molecular weight is 548 g/mol. The van der Waals surface area contributed by atoms with Gasteiger partial charge in [-0.1, -0.05) is 36.9 Å². The van der Waals surface area contributed by atoms with Gasteiger partial charge in [0.25, 0.3) is 0 Å². The van der Waals surface area contributed by atoms with Crippen LogP contribution in [0.1, 0.15) is 0 Å². The van der Waals surface area contributed by atoms with Crippen molar-refractivity contribution in [2.75, 3.05) is 49.8 Å². The minimum Gasteiger partial charge on any atom is -0.433 e. The van der Waals surface area contributed by atoms with Crippen molar-refractivity contribution in [3.8, 4) is 17.0 Å². The topological polar surface area (TPSA) is 98.4 Å². The molecule has 0 aliphatic rings. The summed E-state index contributed by atoms with van der Waals surface area (Å²) >= 11 is 0. The van der Waals surface area contributed by atoms with Gasteiger partial charge in [-0.3, -0.25) is 4.79 Å². The maximum Gasteiger partial charge on any atom is 0.387 e. The van der Waals surface area contributed by atoms with Gasteiger partial charge in [0.15, 0.2) is 5.75 Å². The van der Waals surface area contributed by atoms with Crippen LogP contribution in [0.2, 0.25) is 0 Å². The number of aromatic nitrogens is 3. The fourth-order valence-electron chi connectivity index (χ4n) is 4.05. The highest BCUT2D eigenvalue weighted by molar-refractivity contribution is 6.02. The highest BCUT2D eigenvalue weighted by atomic mass is 19.3. The Balaban J connectivity index is 1.74. The molecule has 0 atom stereocenters. The highest BCUT2D eigenvalue weighted by Crippen LogP contribution is 2.39. The number of anilines is 4. The Kier molecular flexibility index (Phi) is 9.07. The van der Waals surface area contributed by atoms with E-state index in [0.717, 1.165) is 16.5 Å².